The van der Waals surface area contributed by atoms with Crippen molar-refractivity contribution in [2.24, 2.45) is 0 Å². The van der Waals surface area contributed by atoms with Crippen LogP contribution in [-0.2, 0) is 9.53 Å². The minimum Gasteiger partial charge on any atom is -0.396 e. The van der Waals surface area contributed by atoms with E-state index >= 15 is 0 Å². The highest BCUT2D eigenvalue weighted by atomic mass is 32.1. The number of aliphatic hydroxyl groups excluding tert-OH is 4. The molecule has 0 saturated carbocycles. The third-order valence-electron chi connectivity index (χ3n) is 2.98. The Labute approximate surface area is 124 Å². The molecule has 0 bridgehead atoms. The van der Waals surface area contributed by atoms with Crippen LogP contribution in [-0.4, -0.2) is 76.8 Å². The molecule has 0 spiro atoms. The van der Waals surface area contributed by atoms with Crippen molar-refractivity contribution in [3.63, 3.8) is 0 Å². The van der Waals surface area contributed by atoms with Crippen molar-refractivity contribution in [1.29, 1.82) is 0 Å². The minimum atomic E-state index is -1.34. The second-order valence-electron chi connectivity index (χ2n) is 4.45. The Bertz CT molecular complexity index is 264. The van der Waals surface area contributed by atoms with Gasteiger partial charge in [-0.05, 0) is 18.6 Å². The molecule has 0 rings (SSSR count). The van der Waals surface area contributed by atoms with Crippen LogP contribution in [0.3, 0.4) is 0 Å². The first-order chi connectivity index (χ1) is 9.51. The predicted molar refractivity (Wildman–Crippen MR) is 76.6 cm³/mol. The molecule has 20 heavy (non-hydrogen) atoms. The Balaban J connectivity index is 4.68. The molecule has 0 aliphatic heterocycles. The molecule has 5 N–H and O–H groups in total. The average molecular weight is 311 g/mol. The van der Waals surface area contributed by atoms with Crippen molar-refractivity contribution < 1.29 is 30.0 Å². The molecular formula is C12H25NO6S. The first-order valence-electron chi connectivity index (χ1n) is 6.52. The zero-order valence-electron chi connectivity index (χ0n) is 11.6. The highest BCUT2D eigenvalue weighted by molar-refractivity contribution is 7.80. The van der Waals surface area contributed by atoms with Crippen LogP contribution in [0.1, 0.15) is 19.3 Å². The van der Waals surface area contributed by atoms with Crippen LogP contribution in [0.4, 0.5) is 0 Å². The molecule has 0 aromatic rings. The monoisotopic (exact) mass is 311 g/mol. The fourth-order valence-corrected chi connectivity index (χ4v) is 2.00. The number of hydrogen-bond donors (Lipinski definition) is 6. The van der Waals surface area contributed by atoms with Gasteiger partial charge in [-0.2, -0.15) is 12.6 Å². The van der Waals surface area contributed by atoms with Gasteiger partial charge in [-0.15, -0.1) is 0 Å². The third kappa shape index (κ3) is 6.87. The van der Waals surface area contributed by atoms with Crippen LogP contribution in [0.5, 0.6) is 0 Å². The molecular weight excluding hydrogens is 286 g/mol. The fourth-order valence-electron chi connectivity index (χ4n) is 1.80. The minimum absolute atomic E-state index is 0.0878. The molecule has 0 saturated heterocycles. The van der Waals surface area contributed by atoms with Gasteiger partial charge in [0, 0.05) is 20.1 Å². The third-order valence-corrected chi connectivity index (χ3v) is 3.21. The Hall–Kier alpha value is -0.380. The molecule has 0 heterocycles. The van der Waals surface area contributed by atoms with E-state index in [1.807, 2.05) is 0 Å². The fraction of sp³-hybridized carbons (Fsp3) is 0.917. The summed E-state index contributed by atoms with van der Waals surface area (Å²) >= 11 is 3.94. The number of amides is 1. The molecule has 4 atom stereocenters. The first kappa shape index (κ1) is 19.6. The van der Waals surface area contributed by atoms with Crippen molar-refractivity contribution >= 4 is 18.5 Å². The van der Waals surface area contributed by atoms with Gasteiger partial charge < -0.3 is 30.5 Å². The first-order valence-corrected chi connectivity index (χ1v) is 7.15. The van der Waals surface area contributed by atoms with Crippen molar-refractivity contribution in [3.05, 3.63) is 0 Å². The van der Waals surface area contributed by atoms with E-state index in [0.29, 0.717) is 18.6 Å². The van der Waals surface area contributed by atoms with Crippen molar-refractivity contribution in [2.45, 2.75) is 43.6 Å². The summed E-state index contributed by atoms with van der Waals surface area (Å²) in [5.41, 5.74) is 0. The smallest absolute Gasteiger partial charge is 0.221 e. The van der Waals surface area contributed by atoms with Crippen LogP contribution in [0, 0.1) is 0 Å². The predicted octanol–water partition coefficient (Wildman–Crippen LogP) is -1.71. The van der Waals surface area contributed by atoms with E-state index in [4.69, 9.17) is 14.9 Å². The molecule has 0 aromatic carbocycles. The largest absolute Gasteiger partial charge is 0.396 e. The van der Waals surface area contributed by atoms with Gasteiger partial charge >= 0.3 is 0 Å². The molecule has 1 amide bonds. The highest BCUT2D eigenvalue weighted by Gasteiger charge is 2.32. The van der Waals surface area contributed by atoms with E-state index in [1.165, 1.54) is 7.11 Å². The lowest BCUT2D eigenvalue weighted by Gasteiger charge is -2.31. The van der Waals surface area contributed by atoms with E-state index in [1.54, 1.807) is 0 Å². The number of thiol groups is 1. The van der Waals surface area contributed by atoms with Gasteiger partial charge in [0.05, 0.1) is 12.6 Å². The number of methoxy groups -OCH3 is 1. The lowest BCUT2D eigenvalue weighted by molar-refractivity contribution is -0.126. The van der Waals surface area contributed by atoms with E-state index in [0.717, 1.165) is 0 Å². The number of nitrogens with one attached hydrogen (secondary N) is 1. The number of hydrogen-bond acceptors (Lipinski definition) is 7. The summed E-state index contributed by atoms with van der Waals surface area (Å²) in [6.07, 6.45) is -2.73. The van der Waals surface area contributed by atoms with Gasteiger partial charge in [-0.25, -0.2) is 0 Å². The topological polar surface area (TPSA) is 119 Å². The van der Waals surface area contributed by atoms with Crippen LogP contribution in [0.25, 0.3) is 0 Å². The number of aliphatic hydroxyl groups is 4. The van der Waals surface area contributed by atoms with Crippen LogP contribution in [0.2, 0.25) is 0 Å². The summed E-state index contributed by atoms with van der Waals surface area (Å²) in [6.45, 7) is -0.540. The van der Waals surface area contributed by atoms with Crippen molar-refractivity contribution in [1.82, 2.24) is 5.32 Å². The maximum atomic E-state index is 11.6. The van der Waals surface area contributed by atoms with Crippen molar-refractivity contribution in [3.8, 4) is 0 Å². The number of carbonyl (C=O) groups excluding carboxylic acids is 1. The second-order valence-corrected chi connectivity index (χ2v) is 4.90. The highest BCUT2D eigenvalue weighted by Crippen LogP contribution is 2.12. The molecule has 8 heteroatoms. The van der Waals surface area contributed by atoms with E-state index in [9.17, 15) is 15.0 Å². The van der Waals surface area contributed by atoms with Gasteiger partial charge in [0.2, 0.25) is 5.91 Å². The van der Waals surface area contributed by atoms with E-state index in [-0.39, 0.29) is 18.9 Å². The van der Waals surface area contributed by atoms with Crippen LogP contribution in [0.15, 0.2) is 0 Å². The lowest BCUT2D eigenvalue weighted by atomic mass is 9.97. The summed E-state index contributed by atoms with van der Waals surface area (Å²) in [7, 11) is 1.30. The van der Waals surface area contributed by atoms with Gasteiger partial charge in [-0.1, -0.05) is 0 Å². The maximum absolute atomic E-state index is 11.6. The summed E-state index contributed by atoms with van der Waals surface area (Å²) < 4.78 is 4.86. The standard InChI is InChI=1S/C12H25NO6S/c1-19-9(7-15)12(18)11(17)8(3-2-5-14)13-10(16)4-6-20/h8-9,11-12,14-15,17-18,20H,2-7H2,1H3,(H,13,16)/t8-,9?,11?,12?/m1/s1. The molecule has 0 fully saturated rings. The normalized spacial score (nSPS) is 17.3. The summed E-state index contributed by atoms with van der Waals surface area (Å²) in [6, 6.07) is -0.728. The van der Waals surface area contributed by atoms with Crippen LogP contribution < -0.4 is 5.32 Å². The summed E-state index contributed by atoms with van der Waals surface area (Å²) in [4.78, 5) is 11.6. The van der Waals surface area contributed by atoms with Crippen LogP contribution >= 0.6 is 12.6 Å². The second kappa shape index (κ2) is 11.3. The van der Waals surface area contributed by atoms with Gasteiger partial charge in [0.1, 0.15) is 18.3 Å². The average Bonchev–Trinajstić information content (AvgIpc) is 2.44. The SMILES string of the molecule is COC(CO)C(O)C(O)[C@@H](CCCO)NC(=O)CCS. The molecule has 3 unspecified atom stereocenters. The molecule has 0 aliphatic carbocycles. The van der Waals surface area contributed by atoms with Gasteiger partial charge in [0.25, 0.3) is 0 Å². The maximum Gasteiger partial charge on any atom is 0.221 e. The molecule has 0 aromatic heterocycles. The van der Waals surface area contributed by atoms with E-state index in [2.05, 4.69) is 17.9 Å². The Morgan fingerprint density at radius 2 is 1.95 bits per heavy atom. The molecule has 7 nitrogen and oxygen atoms in total. The van der Waals surface area contributed by atoms with Gasteiger partial charge in [0.15, 0.2) is 0 Å². The zero-order chi connectivity index (χ0) is 15.5. The quantitative estimate of drug-likeness (QED) is 0.253. The zero-order valence-corrected chi connectivity index (χ0v) is 12.5. The molecule has 0 aliphatic rings. The van der Waals surface area contributed by atoms with E-state index < -0.39 is 31.0 Å². The number of carbonyl (C=O) groups is 1. The Kier molecular flexibility index (Phi) is 11.1. The number of rotatable bonds is 11. The molecule has 0 radical (unpaired) electrons. The Morgan fingerprint density at radius 1 is 1.30 bits per heavy atom. The van der Waals surface area contributed by atoms with Crippen molar-refractivity contribution in [2.75, 3.05) is 26.1 Å². The molecule has 120 valence electrons. The lowest BCUT2D eigenvalue weighted by Crippen LogP contribution is -2.53. The summed E-state index contributed by atoms with van der Waals surface area (Å²) in [5.74, 6) is 0.0707. The number of ether oxygens (including phenoxy) is 1. The summed E-state index contributed by atoms with van der Waals surface area (Å²) in [5, 5.41) is 40.5. The van der Waals surface area contributed by atoms with Gasteiger partial charge in [-0.3, -0.25) is 4.79 Å². The Morgan fingerprint density at radius 3 is 2.40 bits per heavy atom.